The molecule has 3 heterocycles. The molecule has 0 fully saturated rings. The Morgan fingerprint density at radius 3 is 2.82 bits per heavy atom. The predicted molar refractivity (Wildman–Crippen MR) is 88.5 cm³/mol. The number of benzene rings is 1. The van der Waals surface area contributed by atoms with Gasteiger partial charge in [-0.2, -0.15) is 9.78 Å². The smallest absolute Gasteiger partial charge is 0.266 e. The van der Waals surface area contributed by atoms with E-state index in [4.69, 9.17) is 0 Å². The lowest BCUT2D eigenvalue weighted by atomic mass is 10.2. The maximum Gasteiger partial charge on any atom is 0.292 e. The number of thiophene rings is 1. The first-order valence-electron chi connectivity index (χ1n) is 6.61. The van der Waals surface area contributed by atoms with Crippen LogP contribution in [0.4, 0.5) is 4.39 Å². The number of rotatable bonds is 1. The lowest BCUT2D eigenvalue weighted by Gasteiger charge is -2.12. The van der Waals surface area contributed by atoms with E-state index in [1.807, 2.05) is 13.0 Å². The lowest BCUT2D eigenvalue weighted by molar-refractivity contribution is 0.628. The fourth-order valence-electron chi connectivity index (χ4n) is 2.26. The molecule has 0 spiro atoms. The minimum atomic E-state index is -0.278. The Balaban J connectivity index is 1.93. The summed E-state index contributed by atoms with van der Waals surface area (Å²) in [4.78, 5) is 18.0. The Kier molecular flexibility index (Phi) is 3.12. The first kappa shape index (κ1) is 13.7. The second kappa shape index (κ2) is 5.03. The van der Waals surface area contributed by atoms with E-state index >= 15 is 0 Å². The lowest BCUT2D eigenvalue weighted by Crippen LogP contribution is -2.23. The number of nitrogens with zero attached hydrogens (tertiary/aromatic N) is 3. The van der Waals surface area contributed by atoms with Crippen LogP contribution in [-0.4, -0.2) is 21.1 Å². The van der Waals surface area contributed by atoms with Gasteiger partial charge in [0.05, 0.1) is 5.52 Å². The van der Waals surface area contributed by atoms with Crippen molar-refractivity contribution in [2.75, 3.05) is 5.75 Å². The topological polar surface area (TPSA) is 47.2 Å². The van der Waals surface area contributed by atoms with Crippen LogP contribution in [0.2, 0.25) is 0 Å². The Morgan fingerprint density at radius 1 is 1.27 bits per heavy atom. The molecule has 0 aliphatic carbocycles. The van der Waals surface area contributed by atoms with Gasteiger partial charge in [0.1, 0.15) is 10.5 Å². The Bertz CT molecular complexity index is 973. The molecule has 4 rings (SSSR count). The Hall–Kier alpha value is -1.99. The van der Waals surface area contributed by atoms with Crippen molar-refractivity contribution in [2.45, 2.75) is 12.1 Å². The van der Waals surface area contributed by atoms with Crippen LogP contribution in [0.15, 0.2) is 45.4 Å². The van der Waals surface area contributed by atoms with Gasteiger partial charge in [0.2, 0.25) is 0 Å². The van der Waals surface area contributed by atoms with E-state index in [0.29, 0.717) is 15.4 Å². The molecule has 0 bridgehead atoms. The van der Waals surface area contributed by atoms with E-state index in [1.54, 1.807) is 12.1 Å². The fraction of sp³-hybridized carbons (Fsp3) is 0.133. The second-order valence-corrected chi connectivity index (χ2v) is 6.96. The van der Waals surface area contributed by atoms with Gasteiger partial charge in [0.25, 0.3) is 5.56 Å². The maximum atomic E-state index is 13.0. The zero-order chi connectivity index (χ0) is 15.3. The number of fused-ring (bicyclic) bond motifs is 2. The van der Waals surface area contributed by atoms with Crippen LogP contribution >= 0.6 is 23.1 Å². The summed E-state index contributed by atoms with van der Waals surface area (Å²) >= 11 is 2.87. The summed E-state index contributed by atoms with van der Waals surface area (Å²) in [5.41, 5.74) is 2.29. The van der Waals surface area contributed by atoms with Gasteiger partial charge in [-0.1, -0.05) is 23.9 Å². The fourth-order valence-corrected chi connectivity index (χ4v) is 4.09. The molecule has 0 radical (unpaired) electrons. The molecule has 0 N–H and O–H groups in total. The van der Waals surface area contributed by atoms with Gasteiger partial charge < -0.3 is 0 Å². The van der Waals surface area contributed by atoms with Crippen LogP contribution in [0.1, 0.15) is 6.92 Å². The second-order valence-electron chi connectivity index (χ2n) is 4.97. The monoisotopic (exact) mass is 331 g/mol. The third kappa shape index (κ3) is 2.17. The van der Waals surface area contributed by atoms with Crippen molar-refractivity contribution in [2.24, 2.45) is 5.10 Å². The minimum absolute atomic E-state index is 0.148. The van der Waals surface area contributed by atoms with Gasteiger partial charge in [-0.25, -0.2) is 9.37 Å². The normalized spacial score (nSPS) is 14.0. The van der Waals surface area contributed by atoms with Crippen LogP contribution < -0.4 is 5.56 Å². The maximum absolute atomic E-state index is 13.0. The average Bonchev–Trinajstić information content (AvgIpc) is 2.93. The molecular formula is C15H10FN3OS2. The van der Waals surface area contributed by atoms with Crippen molar-refractivity contribution in [3.63, 3.8) is 0 Å². The molecule has 4 nitrogen and oxygen atoms in total. The number of aromatic nitrogens is 2. The highest BCUT2D eigenvalue weighted by Crippen LogP contribution is 2.32. The van der Waals surface area contributed by atoms with Crippen molar-refractivity contribution in [1.82, 2.24) is 9.66 Å². The summed E-state index contributed by atoms with van der Waals surface area (Å²) in [5, 5.41) is 4.90. The molecule has 0 unspecified atom stereocenters. The van der Waals surface area contributed by atoms with Crippen molar-refractivity contribution >= 4 is 39.0 Å². The van der Waals surface area contributed by atoms with E-state index in [0.717, 1.165) is 21.9 Å². The van der Waals surface area contributed by atoms with Gasteiger partial charge in [0, 0.05) is 16.3 Å². The molecule has 0 amide bonds. The Morgan fingerprint density at radius 2 is 2.05 bits per heavy atom. The molecule has 110 valence electrons. The van der Waals surface area contributed by atoms with Crippen molar-refractivity contribution < 1.29 is 4.39 Å². The molecular weight excluding hydrogens is 321 g/mol. The highest BCUT2D eigenvalue weighted by Gasteiger charge is 2.18. The molecule has 0 saturated heterocycles. The van der Waals surface area contributed by atoms with E-state index in [-0.39, 0.29) is 11.4 Å². The molecule has 1 aromatic carbocycles. The number of halogens is 1. The van der Waals surface area contributed by atoms with E-state index < -0.39 is 0 Å². The zero-order valence-corrected chi connectivity index (χ0v) is 13.2. The molecule has 7 heteroatoms. The predicted octanol–water partition coefficient (Wildman–Crippen LogP) is 3.59. The minimum Gasteiger partial charge on any atom is -0.266 e. The number of thioether (sulfide) groups is 1. The summed E-state index contributed by atoms with van der Waals surface area (Å²) in [5.74, 6) is 0.465. The zero-order valence-electron chi connectivity index (χ0n) is 11.5. The molecule has 2 aromatic heterocycles. The summed E-state index contributed by atoms with van der Waals surface area (Å²) < 4.78 is 15.0. The average molecular weight is 331 g/mol. The van der Waals surface area contributed by atoms with Gasteiger partial charge in [-0.05, 0) is 30.7 Å². The van der Waals surface area contributed by atoms with Crippen LogP contribution in [0.25, 0.3) is 20.7 Å². The van der Waals surface area contributed by atoms with Crippen LogP contribution in [0.3, 0.4) is 0 Å². The highest BCUT2D eigenvalue weighted by molar-refractivity contribution is 7.99. The van der Waals surface area contributed by atoms with Crippen LogP contribution in [-0.2, 0) is 0 Å². The van der Waals surface area contributed by atoms with Gasteiger partial charge in [0.15, 0.2) is 5.16 Å². The van der Waals surface area contributed by atoms with Gasteiger partial charge in [-0.3, -0.25) is 4.79 Å². The summed E-state index contributed by atoms with van der Waals surface area (Å²) in [6.45, 7) is 1.89. The third-order valence-electron chi connectivity index (χ3n) is 3.31. The third-order valence-corrected chi connectivity index (χ3v) is 5.55. The molecule has 1 aliphatic rings. The summed E-state index contributed by atoms with van der Waals surface area (Å²) in [6, 6.07) is 8.10. The van der Waals surface area contributed by atoms with E-state index in [1.165, 1.54) is 39.9 Å². The first-order valence-corrected chi connectivity index (χ1v) is 8.42. The largest absolute Gasteiger partial charge is 0.292 e. The van der Waals surface area contributed by atoms with Crippen LogP contribution in [0, 0.1) is 5.82 Å². The van der Waals surface area contributed by atoms with E-state index in [9.17, 15) is 9.18 Å². The molecule has 1 aliphatic heterocycles. The Labute approximate surface area is 133 Å². The van der Waals surface area contributed by atoms with Gasteiger partial charge in [-0.15, -0.1) is 11.3 Å². The quantitative estimate of drug-likeness (QED) is 0.640. The molecule has 0 atom stereocenters. The highest BCUT2D eigenvalue weighted by atomic mass is 32.2. The molecule has 0 saturated carbocycles. The molecule has 3 aromatic rings. The van der Waals surface area contributed by atoms with Gasteiger partial charge >= 0.3 is 0 Å². The van der Waals surface area contributed by atoms with Crippen molar-refractivity contribution in [3.05, 3.63) is 46.5 Å². The van der Waals surface area contributed by atoms with Crippen molar-refractivity contribution in [1.29, 1.82) is 0 Å². The van der Waals surface area contributed by atoms with Crippen LogP contribution in [0.5, 0.6) is 0 Å². The number of hydrogen-bond acceptors (Lipinski definition) is 5. The van der Waals surface area contributed by atoms with Crippen molar-refractivity contribution in [3.8, 4) is 10.4 Å². The SMILES string of the molecule is CC1=Nn2c(nc3cc(-c4ccc(F)cc4)sc3c2=O)SC1. The number of hydrogen-bond donors (Lipinski definition) is 0. The first-order chi connectivity index (χ1) is 10.6. The van der Waals surface area contributed by atoms with E-state index in [2.05, 4.69) is 10.1 Å². The summed E-state index contributed by atoms with van der Waals surface area (Å²) in [6.07, 6.45) is 0. The summed E-state index contributed by atoms with van der Waals surface area (Å²) in [7, 11) is 0. The molecule has 22 heavy (non-hydrogen) atoms. The standard InChI is InChI=1S/C15H10FN3OS2/c1-8-7-21-15-17-11-6-12(9-2-4-10(16)5-3-9)22-13(11)14(20)19(15)18-8/h2-6H,7H2,1H3.